The summed E-state index contributed by atoms with van der Waals surface area (Å²) in [7, 11) is 1.26. The Hall–Kier alpha value is -3.92. The van der Waals surface area contributed by atoms with Crippen LogP contribution in [0.3, 0.4) is 0 Å². The highest BCUT2D eigenvalue weighted by Crippen LogP contribution is 2.23. The van der Waals surface area contributed by atoms with Crippen LogP contribution in [0, 0.1) is 12.7 Å². The molecule has 4 rings (SSSR count). The van der Waals surface area contributed by atoms with Gasteiger partial charge in [-0.25, -0.2) is 14.2 Å². The van der Waals surface area contributed by atoms with Gasteiger partial charge in [-0.2, -0.15) is 0 Å². The molecule has 0 bridgehead atoms. The lowest BCUT2D eigenvalue weighted by atomic mass is 10.2. The van der Waals surface area contributed by atoms with Gasteiger partial charge in [0.1, 0.15) is 11.3 Å². The maximum atomic E-state index is 13.4. The summed E-state index contributed by atoms with van der Waals surface area (Å²) in [6.45, 7) is 1.81. The molecule has 0 saturated carbocycles. The summed E-state index contributed by atoms with van der Waals surface area (Å²) in [5.74, 6) is -1.49. The van der Waals surface area contributed by atoms with Crippen LogP contribution in [0.5, 0.6) is 0 Å². The van der Waals surface area contributed by atoms with Gasteiger partial charge < -0.3 is 15.0 Å². The fourth-order valence-corrected chi connectivity index (χ4v) is 4.10. The molecular weight excluding hydrogens is 447 g/mol. The van der Waals surface area contributed by atoms with Crippen LogP contribution in [0.25, 0.3) is 16.7 Å². The molecular formula is C23H19FN4O4S. The Morgan fingerprint density at radius 2 is 1.91 bits per heavy atom. The highest BCUT2D eigenvalue weighted by Gasteiger charge is 2.18. The second kappa shape index (κ2) is 9.29. The van der Waals surface area contributed by atoms with E-state index in [0.29, 0.717) is 22.4 Å². The average molecular weight is 466 g/mol. The Balaban J connectivity index is 1.64. The zero-order chi connectivity index (χ0) is 23.5. The molecule has 8 nitrogen and oxygen atoms in total. The number of methoxy groups -OCH3 is 1. The molecule has 33 heavy (non-hydrogen) atoms. The second-order valence-electron chi connectivity index (χ2n) is 7.10. The smallest absolute Gasteiger partial charge is 0.339 e. The lowest BCUT2D eigenvalue weighted by Crippen LogP contribution is -2.23. The molecule has 0 unspecified atom stereocenters. The molecule has 0 spiro atoms. The zero-order valence-corrected chi connectivity index (χ0v) is 18.5. The number of nitrogens with zero attached hydrogens (tertiary/aromatic N) is 2. The van der Waals surface area contributed by atoms with Crippen LogP contribution in [0.1, 0.15) is 16.1 Å². The van der Waals surface area contributed by atoms with Crippen molar-refractivity contribution >= 4 is 40.4 Å². The van der Waals surface area contributed by atoms with Crippen molar-refractivity contribution in [2.24, 2.45) is 0 Å². The molecule has 0 aliphatic rings. The predicted octanol–water partition coefficient (Wildman–Crippen LogP) is 3.68. The van der Waals surface area contributed by atoms with Crippen LogP contribution in [-0.2, 0) is 9.53 Å². The molecule has 0 atom stereocenters. The van der Waals surface area contributed by atoms with Crippen LogP contribution in [0.2, 0.25) is 0 Å². The number of H-pyrrole nitrogens is 1. The summed E-state index contributed by atoms with van der Waals surface area (Å²) in [5, 5.41) is 2.96. The maximum absolute atomic E-state index is 13.4. The molecule has 0 aliphatic heterocycles. The van der Waals surface area contributed by atoms with Crippen molar-refractivity contribution in [3.05, 3.63) is 82.0 Å². The van der Waals surface area contributed by atoms with Crippen LogP contribution >= 0.6 is 11.8 Å². The largest absolute Gasteiger partial charge is 0.465 e. The summed E-state index contributed by atoms with van der Waals surface area (Å²) in [6, 6.07) is 13.7. The molecule has 1 amide bonds. The van der Waals surface area contributed by atoms with E-state index < -0.39 is 17.7 Å². The van der Waals surface area contributed by atoms with Gasteiger partial charge in [0.15, 0.2) is 5.16 Å². The number of rotatable bonds is 6. The minimum atomic E-state index is -0.571. The Morgan fingerprint density at radius 1 is 1.18 bits per heavy atom. The first-order valence-corrected chi connectivity index (χ1v) is 10.8. The van der Waals surface area contributed by atoms with E-state index in [0.717, 1.165) is 17.5 Å². The van der Waals surface area contributed by atoms with Gasteiger partial charge in [-0.05, 0) is 49.4 Å². The Labute approximate surface area is 191 Å². The van der Waals surface area contributed by atoms with Crippen molar-refractivity contribution in [1.29, 1.82) is 0 Å². The number of aryl methyl sites for hydroxylation is 1. The van der Waals surface area contributed by atoms with Crippen LogP contribution in [0.4, 0.5) is 10.1 Å². The quantitative estimate of drug-likeness (QED) is 0.255. The number of ether oxygens (including phenoxy) is 1. The molecule has 0 saturated heterocycles. The van der Waals surface area contributed by atoms with Crippen molar-refractivity contribution in [2.75, 3.05) is 18.2 Å². The van der Waals surface area contributed by atoms with E-state index in [1.54, 1.807) is 30.3 Å². The second-order valence-corrected chi connectivity index (χ2v) is 8.04. The van der Waals surface area contributed by atoms with E-state index in [1.165, 1.54) is 35.9 Å². The number of aromatic amines is 1. The molecule has 0 fully saturated rings. The van der Waals surface area contributed by atoms with Crippen molar-refractivity contribution < 1.29 is 18.7 Å². The molecule has 2 aromatic carbocycles. The number of amides is 1. The zero-order valence-electron chi connectivity index (χ0n) is 17.7. The Kier molecular flexibility index (Phi) is 6.27. The lowest BCUT2D eigenvalue weighted by Gasteiger charge is -2.13. The molecule has 0 radical (unpaired) electrons. The number of carbonyl (C=O) groups is 2. The Morgan fingerprint density at radius 3 is 2.64 bits per heavy atom. The topological polar surface area (TPSA) is 106 Å². The third-order valence-corrected chi connectivity index (χ3v) is 5.72. The molecule has 10 heteroatoms. The lowest BCUT2D eigenvalue weighted by molar-refractivity contribution is -0.113. The number of esters is 1. The fraction of sp³-hybridized carbons (Fsp3) is 0.130. The number of hydrogen-bond donors (Lipinski definition) is 2. The Bertz CT molecular complexity index is 1410. The highest BCUT2D eigenvalue weighted by molar-refractivity contribution is 7.99. The van der Waals surface area contributed by atoms with Crippen molar-refractivity contribution in [3.8, 4) is 5.69 Å². The average Bonchev–Trinajstić information content (AvgIpc) is 3.19. The van der Waals surface area contributed by atoms with Gasteiger partial charge in [-0.3, -0.25) is 14.2 Å². The summed E-state index contributed by atoms with van der Waals surface area (Å²) in [4.78, 5) is 45.3. The van der Waals surface area contributed by atoms with E-state index >= 15 is 0 Å². The molecule has 168 valence electrons. The first kappa shape index (κ1) is 22.3. The highest BCUT2D eigenvalue weighted by atomic mass is 32.2. The van der Waals surface area contributed by atoms with Gasteiger partial charge in [0, 0.05) is 5.69 Å². The number of anilines is 1. The maximum Gasteiger partial charge on any atom is 0.339 e. The van der Waals surface area contributed by atoms with Crippen molar-refractivity contribution in [3.63, 3.8) is 0 Å². The van der Waals surface area contributed by atoms with Gasteiger partial charge in [0.25, 0.3) is 5.56 Å². The third kappa shape index (κ3) is 4.65. The van der Waals surface area contributed by atoms with Crippen molar-refractivity contribution in [1.82, 2.24) is 14.5 Å². The number of carbonyl (C=O) groups excluding carboxylic acids is 2. The van der Waals surface area contributed by atoms with Gasteiger partial charge in [-0.1, -0.05) is 23.9 Å². The SMILES string of the molecule is COC(=O)c1ccccc1NC(=O)CSc1nc2cc(C)[nH]c2c(=O)n1-c1ccc(F)cc1. The molecule has 2 N–H and O–H groups in total. The summed E-state index contributed by atoms with van der Waals surface area (Å²) >= 11 is 1.05. The molecule has 2 aromatic heterocycles. The number of fused-ring (bicyclic) bond motifs is 1. The number of para-hydroxylation sites is 1. The monoisotopic (exact) mass is 466 g/mol. The van der Waals surface area contributed by atoms with Crippen LogP contribution < -0.4 is 10.9 Å². The minimum Gasteiger partial charge on any atom is -0.465 e. The normalized spacial score (nSPS) is 10.9. The van der Waals surface area contributed by atoms with Crippen LogP contribution in [0.15, 0.2) is 64.5 Å². The fourth-order valence-electron chi connectivity index (χ4n) is 3.29. The minimum absolute atomic E-state index is 0.0853. The summed E-state index contributed by atoms with van der Waals surface area (Å²) < 4.78 is 19.5. The van der Waals surface area contributed by atoms with E-state index in [4.69, 9.17) is 4.74 Å². The molecule has 2 heterocycles. The van der Waals surface area contributed by atoms with E-state index in [2.05, 4.69) is 15.3 Å². The molecule has 0 aliphatic carbocycles. The predicted molar refractivity (Wildman–Crippen MR) is 124 cm³/mol. The number of thioether (sulfide) groups is 1. The molecule has 4 aromatic rings. The number of nitrogens with one attached hydrogen (secondary N) is 2. The first-order valence-electron chi connectivity index (χ1n) is 9.85. The van der Waals surface area contributed by atoms with Crippen molar-refractivity contribution in [2.45, 2.75) is 12.1 Å². The van der Waals surface area contributed by atoms with E-state index in [9.17, 15) is 18.8 Å². The summed E-state index contributed by atoms with van der Waals surface area (Å²) in [6.07, 6.45) is 0. The standard InChI is InChI=1S/C23H19FN4O4S/c1-13-11-18-20(25-13)21(30)28(15-9-7-14(24)8-10-15)23(27-18)33-12-19(29)26-17-6-4-3-5-16(17)22(31)32-2/h3-11,25H,12H2,1-2H3,(H,26,29). The number of hydrogen-bond acceptors (Lipinski definition) is 6. The third-order valence-electron chi connectivity index (χ3n) is 4.78. The van der Waals surface area contributed by atoms with Gasteiger partial charge in [-0.15, -0.1) is 0 Å². The van der Waals surface area contributed by atoms with Gasteiger partial charge in [0.05, 0.1) is 35.3 Å². The van der Waals surface area contributed by atoms with E-state index in [1.807, 2.05) is 6.92 Å². The van der Waals surface area contributed by atoms with Crippen LogP contribution in [-0.4, -0.2) is 39.3 Å². The number of halogens is 1. The van der Waals surface area contributed by atoms with Gasteiger partial charge >= 0.3 is 5.97 Å². The number of benzene rings is 2. The number of aromatic nitrogens is 3. The first-order chi connectivity index (χ1) is 15.9. The van der Waals surface area contributed by atoms with Gasteiger partial charge in [0.2, 0.25) is 5.91 Å². The summed E-state index contributed by atoms with van der Waals surface area (Å²) in [5.41, 5.74) is 2.15. The van der Waals surface area contributed by atoms with E-state index in [-0.39, 0.29) is 22.0 Å².